The molecule has 1 N–H and O–H groups in total. The summed E-state index contributed by atoms with van der Waals surface area (Å²) in [6, 6.07) is 5.24. The maximum Gasteiger partial charge on any atom is 0.256 e. The molecule has 1 unspecified atom stereocenters. The number of ether oxygens (including phenoxy) is 3. The molecular weight excluding hydrogens is 330 g/mol. The lowest BCUT2D eigenvalue weighted by atomic mass is 10.0. The monoisotopic (exact) mass is 355 g/mol. The molecule has 0 aliphatic heterocycles. The van der Waals surface area contributed by atoms with E-state index in [4.69, 9.17) is 25.8 Å². The molecule has 1 amide bonds. The maximum absolute atomic E-state index is 12.7. The second kappa shape index (κ2) is 8.70. The zero-order chi connectivity index (χ0) is 17.6. The van der Waals surface area contributed by atoms with E-state index in [1.807, 2.05) is 13.8 Å². The Morgan fingerprint density at radius 2 is 2.08 bits per heavy atom. The Morgan fingerprint density at radius 1 is 1.38 bits per heavy atom. The molecule has 0 spiro atoms. The summed E-state index contributed by atoms with van der Waals surface area (Å²) in [6.45, 7) is 4.82. The average Bonchev–Trinajstić information content (AvgIpc) is 3.00. The first-order valence-corrected chi connectivity index (χ1v) is 8.79. The molecule has 0 saturated heterocycles. The minimum Gasteiger partial charge on any atom is -0.487 e. The van der Waals surface area contributed by atoms with E-state index < -0.39 is 5.60 Å². The van der Waals surface area contributed by atoms with Crippen LogP contribution in [-0.2, 0) is 14.3 Å². The number of rotatable bonds is 8. The predicted molar refractivity (Wildman–Crippen MR) is 94.9 cm³/mol. The molecule has 2 rings (SSSR count). The molecule has 0 radical (unpaired) electrons. The number of amides is 1. The van der Waals surface area contributed by atoms with Gasteiger partial charge in [-0.05, 0) is 57.7 Å². The van der Waals surface area contributed by atoms with E-state index in [2.05, 4.69) is 5.32 Å². The lowest BCUT2D eigenvalue weighted by molar-refractivity contribution is -0.140. The van der Waals surface area contributed by atoms with Crippen LogP contribution in [0, 0.1) is 0 Å². The van der Waals surface area contributed by atoms with Crippen LogP contribution in [-0.4, -0.2) is 37.9 Å². The van der Waals surface area contributed by atoms with E-state index in [1.54, 1.807) is 25.3 Å². The van der Waals surface area contributed by atoms with Gasteiger partial charge >= 0.3 is 0 Å². The minimum absolute atomic E-state index is 0.0978. The van der Waals surface area contributed by atoms with Crippen molar-refractivity contribution in [2.24, 2.45) is 0 Å². The van der Waals surface area contributed by atoms with Crippen LogP contribution in [0.4, 0.5) is 5.69 Å². The zero-order valence-electron chi connectivity index (χ0n) is 14.6. The quantitative estimate of drug-likeness (QED) is 0.764. The van der Waals surface area contributed by atoms with E-state index in [1.165, 1.54) is 0 Å². The van der Waals surface area contributed by atoms with Crippen molar-refractivity contribution < 1.29 is 19.0 Å². The minimum atomic E-state index is -0.705. The molecule has 5 nitrogen and oxygen atoms in total. The number of nitrogens with one attached hydrogen (secondary N) is 1. The van der Waals surface area contributed by atoms with Crippen LogP contribution in [0.5, 0.6) is 5.75 Å². The van der Waals surface area contributed by atoms with Crippen LogP contribution in [0.2, 0.25) is 5.02 Å². The predicted octanol–water partition coefficient (Wildman–Crippen LogP) is 4.04. The molecule has 1 atom stereocenters. The van der Waals surface area contributed by atoms with Gasteiger partial charge in [-0.15, -0.1) is 0 Å². The van der Waals surface area contributed by atoms with E-state index in [9.17, 15) is 4.79 Å². The topological polar surface area (TPSA) is 56.8 Å². The van der Waals surface area contributed by atoms with E-state index in [-0.39, 0.29) is 12.0 Å². The Kier molecular flexibility index (Phi) is 6.90. The fourth-order valence-electron chi connectivity index (χ4n) is 3.06. The highest BCUT2D eigenvalue weighted by Gasteiger charge is 2.42. The SMILES string of the molecule is CCOC1(C(=O)Nc2ccc(OC(C)COC)c(Cl)c2)CCCC1. The molecule has 0 aromatic heterocycles. The van der Waals surface area contributed by atoms with Gasteiger partial charge in [0.05, 0.1) is 11.6 Å². The van der Waals surface area contributed by atoms with Gasteiger partial charge in [0, 0.05) is 19.4 Å². The third-order valence-electron chi connectivity index (χ3n) is 4.16. The Balaban J connectivity index is 2.04. The maximum atomic E-state index is 12.7. The Labute approximate surface area is 148 Å². The molecule has 1 aliphatic carbocycles. The molecule has 1 aliphatic rings. The highest BCUT2D eigenvalue weighted by Crippen LogP contribution is 2.35. The summed E-state index contributed by atoms with van der Waals surface area (Å²) in [7, 11) is 1.62. The van der Waals surface area contributed by atoms with Crippen molar-refractivity contribution in [3.05, 3.63) is 23.2 Å². The van der Waals surface area contributed by atoms with Gasteiger partial charge < -0.3 is 19.5 Å². The summed E-state index contributed by atoms with van der Waals surface area (Å²) in [6.07, 6.45) is 3.44. The van der Waals surface area contributed by atoms with Gasteiger partial charge in [-0.1, -0.05) is 11.6 Å². The molecule has 0 bridgehead atoms. The summed E-state index contributed by atoms with van der Waals surface area (Å²) < 4.78 is 16.5. The third-order valence-corrected chi connectivity index (χ3v) is 4.46. The molecular formula is C18H26ClNO4. The molecule has 1 aromatic carbocycles. The lowest BCUT2D eigenvalue weighted by Gasteiger charge is -2.27. The molecule has 24 heavy (non-hydrogen) atoms. The molecule has 1 fully saturated rings. The largest absolute Gasteiger partial charge is 0.487 e. The van der Waals surface area contributed by atoms with E-state index in [0.29, 0.717) is 29.7 Å². The number of halogens is 1. The van der Waals surface area contributed by atoms with Crippen molar-refractivity contribution in [2.45, 2.75) is 51.2 Å². The fourth-order valence-corrected chi connectivity index (χ4v) is 3.29. The summed E-state index contributed by atoms with van der Waals surface area (Å²) in [5.74, 6) is 0.471. The van der Waals surface area contributed by atoms with E-state index in [0.717, 1.165) is 25.7 Å². The van der Waals surface area contributed by atoms with Crippen LogP contribution < -0.4 is 10.1 Å². The van der Waals surface area contributed by atoms with Crippen molar-refractivity contribution in [3.8, 4) is 5.75 Å². The van der Waals surface area contributed by atoms with Crippen molar-refractivity contribution in [1.29, 1.82) is 0 Å². The number of hydrogen-bond acceptors (Lipinski definition) is 4. The second-order valence-electron chi connectivity index (χ2n) is 6.12. The van der Waals surface area contributed by atoms with Gasteiger partial charge in [0.15, 0.2) is 0 Å². The summed E-state index contributed by atoms with van der Waals surface area (Å²) in [5, 5.41) is 3.38. The van der Waals surface area contributed by atoms with Gasteiger partial charge in [-0.2, -0.15) is 0 Å². The van der Waals surface area contributed by atoms with Crippen LogP contribution in [0.1, 0.15) is 39.5 Å². The van der Waals surface area contributed by atoms with Crippen LogP contribution in [0.15, 0.2) is 18.2 Å². The normalized spacial score (nSPS) is 17.5. The number of methoxy groups -OCH3 is 1. The highest BCUT2D eigenvalue weighted by atomic mass is 35.5. The molecule has 134 valence electrons. The van der Waals surface area contributed by atoms with Crippen LogP contribution in [0.3, 0.4) is 0 Å². The van der Waals surface area contributed by atoms with Crippen molar-refractivity contribution in [2.75, 3.05) is 25.6 Å². The summed E-state index contributed by atoms with van der Waals surface area (Å²) in [5.41, 5.74) is -0.0636. The molecule has 1 aromatic rings. The van der Waals surface area contributed by atoms with Gasteiger partial charge in [-0.3, -0.25) is 4.79 Å². The number of benzene rings is 1. The van der Waals surface area contributed by atoms with Gasteiger partial charge in [0.1, 0.15) is 17.5 Å². The van der Waals surface area contributed by atoms with Crippen molar-refractivity contribution in [1.82, 2.24) is 0 Å². The highest BCUT2D eigenvalue weighted by molar-refractivity contribution is 6.32. The Hall–Kier alpha value is -1.30. The molecule has 6 heteroatoms. The Bertz CT molecular complexity index is 558. The zero-order valence-corrected chi connectivity index (χ0v) is 15.3. The first-order chi connectivity index (χ1) is 11.5. The van der Waals surface area contributed by atoms with E-state index >= 15 is 0 Å². The van der Waals surface area contributed by atoms with Gasteiger partial charge in [-0.25, -0.2) is 0 Å². The third kappa shape index (κ3) is 4.62. The van der Waals surface area contributed by atoms with Crippen LogP contribution >= 0.6 is 11.6 Å². The number of anilines is 1. The molecule has 1 saturated carbocycles. The number of carbonyl (C=O) groups excluding carboxylic acids is 1. The molecule has 0 heterocycles. The smallest absolute Gasteiger partial charge is 0.256 e. The van der Waals surface area contributed by atoms with Crippen molar-refractivity contribution >= 4 is 23.2 Å². The summed E-state index contributed by atoms with van der Waals surface area (Å²) in [4.78, 5) is 12.7. The Morgan fingerprint density at radius 3 is 2.67 bits per heavy atom. The van der Waals surface area contributed by atoms with Crippen molar-refractivity contribution in [3.63, 3.8) is 0 Å². The lowest BCUT2D eigenvalue weighted by Crippen LogP contribution is -2.43. The number of hydrogen-bond donors (Lipinski definition) is 1. The second-order valence-corrected chi connectivity index (χ2v) is 6.52. The first-order valence-electron chi connectivity index (χ1n) is 8.41. The van der Waals surface area contributed by atoms with Crippen LogP contribution in [0.25, 0.3) is 0 Å². The fraction of sp³-hybridized carbons (Fsp3) is 0.611. The van der Waals surface area contributed by atoms with Gasteiger partial charge in [0.2, 0.25) is 0 Å². The van der Waals surface area contributed by atoms with Gasteiger partial charge in [0.25, 0.3) is 5.91 Å². The number of carbonyl (C=O) groups is 1. The standard InChI is InChI=1S/C18H26ClNO4/c1-4-23-18(9-5-6-10-18)17(21)20-14-7-8-16(15(19)11-14)24-13(2)12-22-3/h7-8,11,13H,4-6,9-10,12H2,1-3H3,(H,20,21). The average molecular weight is 356 g/mol. The first kappa shape index (κ1) is 19.0. The summed E-state index contributed by atoms with van der Waals surface area (Å²) >= 11 is 6.26.